The first-order valence-corrected chi connectivity index (χ1v) is 5.77. The van der Waals surface area contributed by atoms with Crippen LogP contribution in [0.4, 0.5) is 5.69 Å². The van der Waals surface area contributed by atoms with Crippen molar-refractivity contribution in [2.75, 3.05) is 0 Å². The van der Waals surface area contributed by atoms with Crippen molar-refractivity contribution in [2.24, 2.45) is 0 Å². The van der Waals surface area contributed by atoms with E-state index in [1.165, 1.54) is 24.3 Å². The van der Waals surface area contributed by atoms with Crippen LogP contribution in [0.2, 0.25) is 0 Å². The molecule has 2 rings (SSSR count). The number of hydrogen-bond acceptors (Lipinski definition) is 6. The van der Waals surface area contributed by atoms with Gasteiger partial charge in [-0.05, 0) is 12.1 Å². The smallest absolute Gasteiger partial charge is 0.362 e. The van der Waals surface area contributed by atoms with Gasteiger partial charge in [0.05, 0.1) is 9.95 Å². The zero-order valence-electron chi connectivity index (χ0n) is 9.27. The molecule has 2 aromatic rings. The predicted molar refractivity (Wildman–Crippen MR) is 65.7 cm³/mol. The van der Waals surface area contributed by atoms with Crippen LogP contribution in [0.25, 0.3) is 0 Å². The number of non-ortho nitro benzene ring substituents is 1. The summed E-state index contributed by atoms with van der Waals surface area (Å²) in [5.74, 6) is 0. The van der Waals surface area contributed by atoms with Gasteiger partial charge in [-0.15, -0.1) is 0 Å². The van der Waals surface area contributed by atoms with Crippen LogP contribution in [-0.4, -0.2) is 19.8 Å². The lowest BCUT2D eigenvalue weighted by atomic mass is 10.3. The van der Waals surface area contributed by atoms with Crippen LogP contribution in [0.1, 0.15) is 0 Å². The first kappa shape index (κ1) is 12.9. The molecule has 0 amide bonds. The van der Waals surface area contributed by atoms with Gasteiger partial charge in [0, 0.05) is 23.1 Å². The van der Waals surface area contributed by atoms with Crippen LogP contribution >= 0.6 is 11.8 Å². The molecule has 2 N–H and O–H groups in total. The molecule has 1 heterocycles. The zero-order chi connectivity index (χ0) is 14.0. The van der Waals surface area contributed by atoms with Gasteiger partial charge in [0.25, 0.3) is 11.2 Å². The molecule has 0 bridgehead atoms. The Morgan fingerprint density at radius 2 is 1.89 bits per heavy atom. The monoisotopic (exact) mass is 281 g/mol. The molecule has 1 aromatic heterocycles. The van der Waals surface area contributed by atoms with Crippen molar-refractivity contribution < 1.29 is 10.1 Å². The van der Waals surface area contributed by atoms with Crippen LogP contribution in [0.3, 0.4) is 0 Å². The highest BCUT2D eigenvalue weighted by molar-refractivity contribution is 7.99. The second-order valence-corrected chi connectivity index (χ2v) is 4.56. The summed E-state index contributed by atoms with van der Waals surface area (Å²) in [4.78, 5) is 35.2. The molecule has 0 atom stereocenters. The Bertz CT molecular complexity index is 703. The third-order valence-electron chi connectivity index (χ3n) is 2.16. The predicted octanol–water partition coefficient (Wildman–Crippen LogP) is 0.833. The summed E-state index contributed by atoms with van der Waals surface area (Å²) in [7, 11) is 0. The zero-order valence-corrected chi connectivity index (χ0v) is 10.1. The normalized spacial score (nSPS) is 10.3. The number of benzene rings is 1. The quantitative estimate of drug-likeness (QED) is 0.372. The lowest BCUT2D eigenvalue weighted by Gasteiger charge is -2.01. The minimum atomic E-state index is -0.947. The van der Waals surface area contributed by atoms with Gasteiger partial charge in [0.15, 0.2) is 0 Å². The van der Waals surface area contributed by atoms with Crippen molar-refractivity contribution in [3.63, 3.8) is 0 Å². The minimum absolute atomic E-state index is 0.0418. The molecule has 8 nitrogen and oxygen atoms in total. The van der Waals surface area contributed by atoms with Crippen LogP contribution in [0.5, 0.6) is 0 Å². The highest BCUT2D eigenvalue weighted by Gasteiger charge is 2.07. The molecule has 1 aromatic carbocycles. The number of nitrogens with zero attached hydrogens (tertiary/aromatic N) is 2. The third kappa shape index (κ3) is 2.83. The number of aromatic nitrogens is 2. The van der Waals surface area contributed by atoms with Crippen molar-refractivity contribution in [1.82, 2.24) is 9.71 Å². The molecule has 0 aliphatic rings. The molecule has 98 valence electrons. The molecule has 0 saturated heterocycles. The van der Waals surface area contributed by atoms with E-state index in [0.717, 1.165) is 17.8 Å². The number of rotatable bonds is 3. The van der Waals surface area contributed by atoms with E-state index < -0.39 is 16.2 Å². The minimum Gasteiger partial charge on any atom is -0.421 e. The van der Waals surface area contributed by atoms with Crippen molar-refractivity contribution >= 4 is 17.4 Å². The van der Waals surface area contributed by atoms with E-state index in [0.29, 0.717) is 4.90 Å². The number of nitro benzene ring substituents is 1. The number of hydrogen-bond donors (Lipinski definition) is 2. The fraction of sp³-hybridized carbons (Fsp3) is 0. The van der Waals surface area contributed by atoms with E-state index in [1.807, 2.05) is 0 Å². The SMILES string of the molecule is O=c1cc(Sc2ccc([N+](=O)[O-])cc2)[nH]c(=O)n1O. The van der Waals surface area contributed by atoms with Gasteiger partial charge in [0.1, 0.15) is 0 Å². The average molecular weight is 281 g/mol. The summed E-state index contributed by atoms with van der Waals surface area (Å²) in [6, 6.07) is 6.66. The fourth-order valence-electron chi connectivity index (χ4n) is 1.29. The molecule has 0 spiro atoms. The summed E-state index contributed by atoms with van der Waals surface area (Å²) >= 11 is 1.04. The maximum atomic E-state index is 11.2. The topological polar surface area (TPSA) is 118 Å². The molecule has 0 aliphatic heterocycles. The number of aromatic amines is 1. The van der Waals surface area contributed by atoms with Gasteiger partial charge in [0.2, 0.25) is 0 Å². The summed E-state index contributed by atoms with van der Waals surface area (Å²) < 4.78 is -0.0418. The summed E-state index contributed by atoms with van der Waals surface area (Å²) in [5.41, 5.74) is -1.85. The van der Waals surface area contributed by atoms with Crippen molar-refractivity contribution in [2.45, 2.75) is 9.92 Å². The fourth-order valence-corrected chi connectivity index (χ4v) is 2.11. The Morgan fingerprint density at radius 1 is 1.26 bits per heavy atom. The average Bonchev–Trinajstić information content (AvgIpc) is 2.36. The Morgan fingerprint density at radius 3 is 2.42 bits per heavy atom. The molecule has 9 heteroatoms. The van der Waals surface area contributed by atoms with Gasteiger partial charge in [-0.1, -0.05) is 16.5 Å². The second kappa shape index (κ2) is 4.98. The van der Waals surface area contributed by atoms with Gasteiger partial charge < -0.3 is 5.21 Å². The molecule has 19 heavy (non-hydrogen) atoms. The Hall–Kier alpha value is -2.55. The van der Waals surface area contributed by atoms with Crippen molar-refractivity contribution in [1.29, 1.82) is 0 Å². The van der Waals surface area contributed by atoms with Gasteiger partial charge in [-0.2, -0.15) is 0 Å². The van der Waals surface area contributed by atoms with E-state index in [4.69, 9.17) is 5.21 Å². The lowest BCUT2D eigenvalue weighted by Crippen LogP contribution is -2.32. The van der Waals surface area contributed by atoms with Gasteiger partial charge >= 0.3 is 5.69 Å². The molecule has 0 saturated carbocycles. The molecule has 0 aliphatic carbocycles. The van der Waals surface area contributed by atoms with E-state index in [-0.39, 0.29) is 15.4 Å². The van der Waals surface area contributed by atoms with Crippen molar-refractivity contribution in [3.05, 3.63) is 61.3 Å². The number of nitro groups is 1. The van der Waals surface area contributed by atoms with Gasteiger partial charge in [-0.3, -0.25) is 19.9 Å². The molecule has 0 fully saturated rings. The molecule has 0 radical (unpaired) electrons. The lowest BCUT2D eigenvalue weighted by molar-refractivity contribution is -0.384. The first-order chi connectivity index (χ1) is 8.97. The summed E-state index contributed by atoms with van der Waals surface area (Å²) in [6.07, 6.45) is 0. The first-order valence-electron chi connectivity index (χ1n) is 4.95. The third-order valence-corrected chi connectivity index (χ3v) is 3.11. The van der Waals surface area contributed by atoms with Crippen LogP contribution in [0.15, 0.2) is 49.8 Å². The maximum absolute atomic E-state index is 11.2. The van der Waals surface area contributed by atoms with E-state index in [2.05, 4.69) is 4.98 Å². The van der Waals surface area contributed by atoms with Gasteiger partial charge in [-0.25, -0.2) is 4.79 Å². The second-order valence-electron chi connectivity index (χ2n) is 3.44. The van der Waals surface area contributed by atoms with E-state index >= 15 is 0 Å². The number of H-pyrrole nitrogens is 1. The number of nitrogens with one attached hydrogen (secondary N) is 1. The Labute approximate surface area is 109 Å². The summed E-state index contributed by atoms with van der Waals surface area (Å²) in [6.45, 7) is 0. The van der Waals surface area contributed by atoms with Crippen molar-refractivity contribution in [3.8, 4) is 0 Å². The van der Waals surface area contributed by atoms with Crippen LogP contribution in [-0.2, 0) is 0 Å². The molecule has 0 unspecified atom stereocenters. The molecular weight excluding hydrogens is 274 g/mol. The Kier molecular flexibility index (Phi) is 3.38. The largest absolute Gasteiger partial charge is 0.421 e. The Balaban J connectivity index is 2.29. The highest BCUT2D eigenvalue weighted by Crippen LogP contribution is 2.26. The maximum Gasteiger partial charge on any atom is 0.362 e. The van der Waals surface area contributed by atoms with E-state index in [9.17, 15) is 19.7 Å². The highest BCUT2D eigenvalue weighted by atomic mass is 32.2. The van der Waals surface area contributed by atoms with Crippen LogP contribution in [0, 0.1) is 10.1 Å². The summed E-state index contributed by atoms with van der Waals surface area (Å²) in [5, 5.41) is 19.7. The molecular formula is C10H7N3O5S. The standard InChI is InChI=1S/C10H7N3O5S/c14-9-5-8(11-10(15)12(9)16)19-7-3-1-6(2-4-7)13(17)18/h1-5,16H,(H,11,15). The van der Waals surface area contributed by atoms with Crippen LogP contribution < -0.4 is 11.2 Å². The van der Waals surface area contributed by atoms with E-state index in [1.54, 1.807) is 0 Å².